The van der Waals surface area contributed by atoms with Crippen LogP contribution >= 0.6 is 23.4 Å². The van der Waals surface area contributed by atoms with Crippen LogP contribution in [0.1, 0.15) is 6.42 Å². The third kappa shape index (κ3) is 6.41. The van der Waals surface area contributed by atoms with Gasteiger partial charge in [0.1, 0.15) is 5.75 Å². The average Bonchev–Trinajstić information content (AvgIpc) is 2.52. The lowest BCUT2D eigenvalue weighted by atomic mass is 10.3. The van der Waals surface area contributed by atoms with Gasteiger partial charge in [-0.25, -0.2) is 0 Å². The summed E-state index contributed by atoms with van der Waals surface area (Å²) in [5.74, 6) is 2.50. The second-order valence-electron chi connectivity index (χ2n) is 4.58. The van der Waals surface area contributed by atoms with Crippen molar-refractivity contribution < 1.29 is 9.53 Å². The van der Waals surface area contributed by atoms with Crippen LogP contribution < -0.4 is 10.1 Å². The van der Waals surface area contributed by atoms with Crippen molar-refractivity contribution in [2.45, 2.75) is 6.42 Å². The van der Waals surface area contributed by atoms with E-state index < -0.39 is 0 Å². The number of hydrogen-bond acceptors (Lipinski definition) is 3. The molecule has 0 atom stereocenters. The maximum absolute atomic E-state index is 11.8. The summed E-state index contributed by atoms with van der Waals surface area (Å²) in [4.78, 5) is 11.8. The summed E-state index contributed by atoms with van der Waals surface area (Å²) in [5.41, 5.74) is 0.731. The molecule has 0 aliphatic rings. The highest BCUT2D eigenvalue weighted by molar-refractivity contribution is 7.99. The van der Waals surface area contributed by atoms with Gasteiger partial charge in [0.2, 0.25) is 5.91 Å². The lowest BCUT2D eigenvalue weighted by molar-refractivity contribution is -0.115. The molecule has 0 radical (unpaired) electrons. The molecule has 0 aromatic heterocycles. The lowest BCUT2D eigenvalue weighted by Crippen LogP contribution is -2.12. The molecule has 1 N–H and O–H groups in total. The number of rotatable bonds is 8. The SMILES string of the molecule is O=C(CCSCCOc1ccccc1)Nc1cccc(Cl)c1. The van der Waals surface area contributed by atoms with Gasteiger partial charge in [-0.15, -0.1) is 0 Å². The molecule has 2 aromatic rings. The molecule has 0 saturated carbocycles. The highest BCUT2D eigenvalue weighted by atomic mass is 35.5. The smallest absolute Gasteiger partial charge is 0.225 e. The molecule has 0 bridgehead atoms. The number of hydrogen-bond donors (Lipinski definition) is 1. The van der Waals surface area contributed by atoms with Crippen LogP contribution in [0.3, 0.4) is 0 Å². The van der Waals surface area contributed by atoms with E-state index >= 15 is 0 Å². The Morgan fingerprint density at radius 3 is 2.68 bits per heavy atom. The number of halogens is 1. The lowest BCUT2D eigenvalue weighted by Gasteiger charge is -2.07. The molecule has 1 amide bonds. The number of para-hydroxylation sites is 1. The van der Waals surface area contributed by atoms with Gasteiger partial charge in [0, 0.05) is 28.6 Å². The van der Waals surface area contributed by atoms with Crippen LogP contribution in [-0.4, -0.2) is 24.0 Å². The van der Waals surface area contributed by atoms with E-state index in [9.17, 15) is 4.79 Å². The van der Waals surface area contributed by atoms with Gasteiger partial charge in [-0.1, -0.05) is 35.9 Å². The van der Waals surface area contributed by atoms with Crippen LogP contribution in [-0.2, 0) is 4.79 Å². The molecule has 0 spiro atoms. The second-order valence-corrected chi connectivity index (χ2v) is 6.24. The summed E-state index contributed by atoms with van der Waals surface area (Å²) in [7, 11) is 0. The number of ether oxygens (including phenoxy) is 1. The van der Waals surface area contributed by atoms with Crippen LogP contribution in [0.2, 0.25) is 5.02 Å². The first-order valence-electron chi connectivity index (χ1n) is 7.05. The van der Waals surface area contributed by atoms with E-state index in [0.29, 0.717) is 18.1 Å². The van der Waals surface area contributed by atoms with Gasteiger partial charge in [0.15, 0.2) is 0 Å². The van der Waals surface area contributed by atoms with Crippen LogP contribution in [0.15, 0.2) is 54.6 Å². The fourth-order valence-electron chi connectivity index (χ4n) is 1.79. The summed E-state index contributed by atoms with van der Waals surface area (Å²) in [6.45, 7) is 0.643. The molecule has 0 heterocycles. The van der Waals surface area contributed by atoms with Crippen LogP contribution in [0.25, 0.3) is 0 Å². The Kier molecular flexibility index (Phi) is 7.13. The van der Waals surface area contributed by atoms with Gasteiger partial charge < -0.3 is 10.1 Å². The standard InChI is InChI=1S/C17H18ClNO2S/c18-14-5-4-6-15(13-14)19-17(20)9-11-22-12-10-21-16-7-2-1-3-8-16/h1-8,13H,9-12H2,(H,19,20). The van der Waals surface area contributed by atoms with Gasteiger partial charge in [0.25, 0.3) is 0 Å². The molecular weight excluding hydrogens is 318 g/mol. The fraction of sp³-hybridized carbons (Fsp3) is 0.235. The predicted octanol–water partition coefficient (Wildman–Crippen LogP) is 4.48. The van der Waals surface area contributed by atoms with Crippen LogP contribution in [0.5, 0.6) is 5.75 Å². The number of carbonyl (C=O) groups is 1. The van der Waals surface area contributed by atoms with Gasteiger partial charge >= 0.3 is 0 Å². The topological polar surface area (TPSA) is 38.3 Å². The van der Waals surface area contributed by atoms with Crippen molar-refractivity contribution in [2.75, 3.05) is 23.4 Å². The molecule has 2 aromatic carbocycles. The molecule has 0 aliphatic heterocycles. The number of amides is 1. The summed E-state index contributed by atoms with van der Waals surface area (Å²) in [5, 5.41) is 3.45. The fourth-order valence-corrected chi connectivity index (χ4v) is 2.72. The third-order valence-electron chi connectivity index (χ3n) is 2.82. The Bertz CT molecular complexity index is 592. The zero-order chi connectivity index (χ0) is 15.6. The minimum absolute atomic E-state index is 0.00116. The van der Waals surface area contributed by atoms with Crippen molar-refractivity contribution >= 4 is 35.0 Å². The van der Waals surface area contributed by atoms with Crippen molar-refractivity contribution in [3.05, 3.63) is 59.6 Å². The monoisotopic (exact) mass is 335 g/mol. The molecule has 0 aliphatic carbocycles. The van der Waals surface area contributed by atoms with E-state index in [4.69, 9.17) is 16.3 Å². The number of carbonyl (C=O) groups excluding carboxylic acids is 1. The molecule has 0 unspecified atom stereocenters. The van der Waals surface area contributed by atoms with Crippen molar-refractivity contribution in [3.8, 4) is 5.75 Å². The first-order valence-corrected chi connectivity index (χ1v) is 8.58. The number of nitrogens with one attached hydrogen (secondary N) is 1. The number of anilines is 1. The summed E-state index contributed by atoms with van der Waals surface area (Å²) < 4.78 is 5.59. The van der Waals surface area contributed by atoms with Crippen LogP contribution in [0, 0.1) is 0 Å². The molecular formula is C17H18ClNO2S. The van der Waals surface area contributed by atoms with Gasteiger partial charge in [0.05, 0.1) is 6.61 Å². The second kappa shape index (κ2) is 9.38. The van der Waals surface area contributed by atoms with E-state index in [1.54, 1.807) is 23.9 Å². The molecule has 116 valence electrons. The number of benzene rings is 2. The first kappa shape index (κ1) is 16.7. The zero-order valence-corrected chi connectivity index (χ0v) is 13.7. The van der Waals surface area contributed by atoms with Crippen LogP contribution in [0.4, 0.5) is 5.69 Å². The van der Waals surface area contributed by atoms with Gasteiger partial charge in [-0.05, 0) is 30.3 Å². The summed E-state index contributed by atoms with van der Waals surface area (Å²) >= 11 is 7.57. The molecule has 5 heteroatoms. The Morgan fingerprint density at radius 2 is 1.91 bits per heavy atom. The van der Waals surface area contributed by atoms with Crippen molar-refractivity contribution in [2.24, 2.45) is 0 Å². The van der Waals surface area contributed by atoms with E-state index in [-0.39, 0.29) is 5.91 Å². The summed E-state index contributed by atoms with van der Waals surface area (Å²) in [6.07, 6.45) is 0.475. The molecule has 22 heavy (non-hydrogen) atoms. The van der Waals surface area contributed by atoms with E-state index in [2.05, 4.69) is 5.32 Å². The molecule has 3 nitrogen and oxygen atoms in total. The average molecular weight is 336 g/mol. The van der Waals surface area contributed by atoms with Crippen molar-refractivity contribution in [1.82, 2.24) is 0 Å². The van der Waals surface area contributed by atoms with E-state index in [1.807, 2.05) is 42.5 Å². The van der Waals surface area contributed by atoms with Crippen molar-refractivity contribution in [1.29, 1.82) is 0 Å². The largest absolute Gasteiger partial charge is 0.493 e. The normalized spacial score (nSPS) is 10.2. The Labute approximate surface area is 140 Å². The molecule has 2 rings (SSSR count). The Morgan fingerprint density at radius 1 is 1.09 bits per heavy atom. The minimum Gasteiger partial charge on any atom is -0.493 e. The van der Waals surface area contributed by atoms with E-state index in [0.717, 1.165) is 22.9 Å². The first-order chi connectivity index (χ1) is 10.7. The zero-order valence-electron chi connectivity index (χ0n) is 12.1. The Balaban J connectivity index is 1.56. The quantitative estimate of drug-likeness (QED) is 0.723. The van der Waals surface area contributed by atoms with E-state index in [1.165, 1.54) is 0 Å². The van der Waals surface area contributed by atoms with Crippen molar-refractivity contribution in [3.63, 3.8) is 0 Å². The number of thioether (sulfide) groups is 1. The predicted molar refractivity (Wildman–Crippen MR) is 94.0 cm³/mol. The Hall–Kier alpha value is -1.65. The third-order valence-corrected chi connectivity index (χ3v) is 4.00. The highest BCUT2D eigenvalue weighted by Crippen LogP contribution is 2.15. The molecule has 0 saturated heterocycles. The molecule has 0 fully saturated rings. The minimum atomic E-state index is -0.00116. The van der Waals surface area contributed by atoms with Gasteiger partial charge in [-0.2, -0.15) is 11.8 Å². The maximum atomic E-state index is 11.8. The van der Waals surface area contributed by atoms with Gasteiger partial charge in [-0.3, -0.25) is 4.79 Å². The highest BCUT2D eigenvalue weighted by Gasteiger charge is 2.03. The maximum Gasteiger partial charge on any atom is 0.225 e. The summed E-state index contributed by atoms with van der Waals surface area (Å²) in [6, 6.07) is 16.9.